The van der Waals surface area contributed by atoms with Gasteiger partial charge >= 0.3 is 0 Å². The highest BCUT2D eigenvalue weighted by molar-refractivity contribution is 6.16. The quantitative estimate of drug-likeness (QED) is 0.445. The summed E-state index contributed by atoms with van der Waals surface area (Å²) < 4.78 is 12.0. The molecule has 9 heteroatoms. The summed E-state index contributed by atoms with van der Waals surface area (Å²) in [5.41, 5.74) is -3.07. The zero-order chi connectivity index (χ0) is 29.7. The zero-order valence-corrected chi connectivity index (χ0v) is 24.4. The largest absolute Gasteiger partial charge is 0.504 e. The van der Waals surface area contributed by atoms with E-state index in [-0.39, 0.29) is 23.0 Å². The van der Waals surface area contributed by atoms with E-state index in [1.165, 1.54) is 7.11 Å². The Morgan fingerprint density at radius 1 is 0.700 bits per heavy atom. The van der Waals surface area contributed by atoms with Crippen LogP contribution in [0.5, 0.6) is 0 Å². The first kappa shape index (κ1) is 26.5. The van der Waals surface area contributed by atoms with Crippen LogP contribution in [0.1, 0.15) is 55.4 Å². The third kappa shape index (κ3) is 2.22. The molecule has 0 bridgehead atoms. The molecule has 12 atom stereocenters. The lowest BCUT2D eigenvalue weighted by Gasteiger charge is -2.56. The average molecular weight is 555 g/mol. The fraction of sp³-hybridized carbons (Fsp3) is 0.742. The zero-order valence-electron chi connectivity index (χ0n) is 24.4. The van der Waals surface area contributed by atoms with Gasteiger partial charge in [0.25, 0.3) is 0 Å². The summed E-state index contributed by atoms with van der Waals surface area (Å²) in [7, 11) is 1.26. The Balaban J connectivity index is 1.48. The van der Waals surface area contributed by atoms with Crippen LogP contribution < -0.4 is 0 Å². The van der Waals surface area contributed by atoms with Gasteiger partial charge in [0.05, 0.1) is 11.1 Å². The molecule has 4 saturated carbocycles. The average Bonchev–Trinajstić information content (AvgIpc) is 3.62. The number of ether oxygens (including phenoxy) is 2. The van der Waals surface area contributed by atoms with Crippen molar-refractivity contribution < 1.29 is 44.0 Å². The van der Waals surface area contributed by atoms with E-state index in [4.69, 9.17) is 9.47 Å². The van der Waals surface area contributed by atoms with E-state index < -0.39 is 103 Å². The number of hydrogen-bond acceptors (Lipinski definition) is 9. The second-order valence-corrected chi connectivity index (χ2v) is 15.3. The summed E-state index contributed by atoms with van der Waals surface area (Å²) in [5.74, 6) is -12.7. The van der Waals surface area contributed by atoms with Crippen LogP contribution in [-0.2, 0) is 28.7 Å². The molecule has 1 aliphatic heterocycles. The van der Waals surface area contributed by atoms with E-state index in [0.29, 0.717) is 0 Å². The fourth-order valence-corrected chi connectivity index (χ4v) is 11.5. The molecule has 9 nitrogen and oxygen atoms in total. The Morgan fingerprint density at radius 3 is 1.52 bits per heavy atom. The van der Waals surface area contributed by atoms with E-state index in [1.54, 1.807) is 0 Å². The molecule has 0 aromatic carbocycles. The van der Waals surface area contributed by atoms with Crippen LogP contribution >= 0.6 is 0 Å². The summed E-state index contributed by atoms with van der Waals surface area (Å²) in [6, 6.07) is 0. The lowest BCUT2D eigenvalue weighted by Crippen LogP contribution is -2.63. The number of rotatable bonds is 1. The molecular weight excluding hydrogens is 516 g/mol. The van der Waals surface area contributed by atoms with E-state index in [1.807, 2.05) is 55.4 Å². The number of aliphatic hydroxyl groups is 3. The SMILES string of the molecule is COC12OC3(O)C(=O)C4=C(O)C(=O)C5C(C5(C)C)C4(C)C(C)C3C1C(C)C1(C)C(=C(O)C(=O)C3C1C3(C)C)C2=O. The number of methoxy groups -OCH3 is 1. The Labute approximate surface area is 233 Å². The van der Waals surface area contributed by atoms with Gasteiger partial charge in [0.2, 0.25) is 34.7 Å². The number of fused-ring (bicyclic) bond motifs is 9. The minimum atomic E-state index is -2.57. The summed E-state index contributed by atoms with van der Waals surface area (Å²) in [4.78, 5) is 55.2. The number of Topliss-reactive ketones (excluding diaryl/α,β-unsaturated/α-hetero) is 4. The van der Waals surface area contributed by atoms with Crippen LogP contribution in [0.15, 0.2) is 22.7 Å². The Hall–Kier alpha value is -2.36. The molecule has 7 rings (SSSR count). The van der Waals surface area contributed by atoms with Crippen LogP contribution in [0.4, 0.5) is 0 Å². The number of aliphatic hydroxyl groups excluding tert-OH is 2. The lowest BCUT2D eigenvalue weighted by atomic mass is 9.46. The second kappa shape index (κ2) is 6.65. The maximum Gasteiger partial charge on any atom is 0.239 e. The molecule has 0 spiro atoms. The first-order valence-corrected chi connectivity index (χ1v) is 14.3. The van der Waals surface area contributed by atoms with Gasteiger partial charge in [-0.05, 0) is 34.5 Å². The van der Waals surface area contributed by atoms with Crippen molar-refractivity contribution in [3.05, 3.63) is 22.7 Å². The minimum absolute atomic E-state index is 0.0680. The number of carbonyl (C=O) groups is 4. The van der Waals surface area contributed by atoms with Crippen LogP contribution in [-0.4, -0.2) is 57.1 Å². The molecule has 1 heterocycles. The molecule has 3 N–H and O–H groups in total. The van der Waals surface area contributed by atoms with Crippen molar-refractivity contribution in [3.63, 3.8) is 0 Å². The molecule has 5 fully saturated rings. The maximum atomic E-state index is 14.5. The highest BCUT2D eigenvalue weighted by atomic mass is 16.8. The highest BCUT2D eigenvalue weighted by Gasteiger charge is 2.86. The first-order valence-electron chi connectivity index (χ1n) is 14.3. The third-order valence-electron chi connectivity index (χ3n) is 13.5. The van der Waals surface area contributed by atoms with E-state index >= 15 is 0 Å². The van der Waals surface area contributed by atoms with Crippen molar-refractivity contribution in [1.29, 1.82) is 0 Å². The standard InChI is InChI=1S/C31H38O9/c1-10-12-13-11(2)29(8)17(21(35)19(33)15-23(29)27(15,5)6)25(37)31(13,39-9)40-30(12,38)24(36)16-20(34)18(32)14-22(26(14,3)4)28(10,16)7/h10-15,22-23,34-35,38H,1-9H3. The predicted octanol–water partition coefficient (Wildman–Crippen LogP) is 3.06. The topological polar surface area (TPSA) is 147 Å². The summed E-state index contributed by atoms with van der Waals surface area (Å²) in [6.07, 6.45) is 0. The lowest BCUT2D eigenvalue weighted by molar-refractivity contribution is -0.291. The molecule has 1 saturated heterocycles. The van der Waals surface area contributed by atoms with Gasteiger partial charge in [0.1, 0.15) is 0 Å². The molecule has 40 heavy (non-hydrogen) atoms. The smallest absolute Gasteiger partial charge is 0.239 e. The van der Waals surface area contributed by atoms with Gasteiger partial charge < -0.3 is 24.8 Å². The summed E-state index contributed by atoms with van der Waals surface area (Å²) in [5, 5.41) is 34.5. The molecule has 216 valence electrons. The maximum absolute atomic E-state index is 14.5. The van der Waals surface area contributed by atoms with E-state index in [2.05, 4.69) is 0 Å². The van der Waals surface area contributed by atoms with Crippen LogP contribution in [0, 0.1) is 69.0 Å². The Morgan fingerprint density at radius 2 is 1.10 bits per heavy atom. The summed E-state index contributed by atoms with van der Waals surface area (Å²) in [6.45, 7) is 15.4. The normalized spacial score (nSPS) is 54.8. The molecule has 6 aliphatic carbocycles. The number of hydrogen-bond donors (Lipinski definition) is 3. The van der Waals surface area contributed by atoms with Crippen molar-refractivity contribution in [1.82, 2.24) is 0 Å². The van der Waals surface area contributed by atoms with Crippen molar-refractivity contribution in [3.8, 4) is 0 Å². The number of ketones is 4. The monoisotopic (exact) mass is 554 g/mol. The van der Waals surface area contributed by atoms with Crippen molar-refractivity contribution in [2.75, 3.05) is 7.11 Å². The molecule has 7 aliphatic rings. The molecule has 0 aromatic rings. The molecule has 12 unspecified atom stereocenters. The third-order valence-corrected chi connectivity index (χ3v) is 13.5. The van der Waals surface area contributed by atoms with Gasteiger partial charge in [-0.2, -0.15) is 0 Å². The Kier molecular flexibility index (Phi) is 4.41. The van der Waals surface area contributed by atoms with E-state index in [9.17, 15) is 34.5 Å². The van der Waals surface area contributed by atoms with Gasteiger partial charge in [-0.25, -0.2) is 0 Å². The van der Waals surface area contributed by atoms with Gasteiger partial charge in [0.15, 0.2) is 11.5 Å². The van der Waals surface area contributed by atoms with Crippen molar-refractivity contribution in [2.24, 2.45) is 69.0 Å². The summed E-state index contributed by atoms with van der Waals surface area (Å²) >= 11 is 0. The molecule has 0 aromatic heterocycles. The molecule has 0 amide bonds. The van der Waals surface area contributed by atoms with Crippen molar-refractivity contribution in [2.45, 2.75) is 67.0 Å². The number of carbonyl (C=O) groups excluding carboxylic acids is 4. The van der Waals surface area contributed by atoms with E-state index in [0.717, 1.165) is 0 Å². The van der Waals surface area contributed by atoms with Crippen LogP contribution in [0.2, 0.25) is 0 Å². The van der Waals surface area contributed by atoms with Gasteiger partial charge in [-0.15, -0.1) is 0 Å². The number of allylic oxidation sites excluding steroid dienone is 2. The second-order valence-electron chi connectivity index (χ2n) is 15.3. The van der Waals surface area contributed by atoms with Gasteiger partial charge in [-0.3, -0.25) is 19.2 Å². The van der Waals surface area contributed by atoms with Crippen molar-refractivity contribution >= 4 is 23.1 Å². The molecular formula is C31H38O9. The minimum Gasteiger partial charge on any atom is -0.504 e. The van der Waals surface area contributed by atoms with Gasteiger partial charge in [-0.1, -0.05) is 55.4 Å². The molecule has 0 radical (unpaired) electrons. The first-order chi connectivity index (χ1) is 18.3. The predicted molar refractivity (Wildman–Crippen MR) is 138 cm³/mol. The van der Waals surface area contributed by atoms with Crippen LogP contribution in [0.3, 0.4) is 0 Å². The van der Waals surface area contributed by atoms with Crippen LogP contribution in [0.25, 0.3) is 0 Å². The fourth-order valence-electron chi connectivity index (χ4n) is 11.5. The Bertz CT molecular complexity index is 1450. The van der Waals surface area contributed by atoms with Gasteiger partial charge in [0, 0.05) is 41.6 Å². The highest BCUT2D eigenvalue weighted by Crippen LogP contribution is 2.80.